The normalized spacial score (nSPS) is 12.8. The molecule has 2 rings (SSSR count). The van der Waals surface area contributed by atoms with Crippen LogP contribution in [0.15, 0.2) is 40.9 Å². The van der Waals surface area contributed by atoms with E-state index in [4.69, 9.17) is 4.74 Å². The van der Waals surface area contributed by atoms with Gasteiger partial charge >= 0.3 is 0 Å². The van der Waals surface area contributed by atoms with Crippen molar-refractivity contribution in [2.45, 2.75) is 45.8 Å². The molecule has 0 saturated carbocycles. The fraction of sp³-hybridized carbons (Fsp3) is 0.444. The zero-order valence-electron chi connectivity index (χ0n) is 13.0. The molecule has 21 heavy (non-hydrogen) atoms. The molecule has 0 radical (unpaired) electrons. The molecule has 0 bridgehead atoms. The van der Waals surface area contributed by atoms with Crippen LogP contribution in [0, 0.1) is 0 Å². The second-order valence-corrected chi connectivity index (χ2v) is 6.57. The van der Waals surface area contributed by atoms with Crippen LogP contribution in [0.2, 0.25) is 0 Å². The lowest BCUT2D eigenvalue weighted by Gasteiger charge is -2.17. The topological polar surface area (TPSA) is 21.3 Å². The molecule has 2 aromatic carbocycles. The quantitative estimate of drug-likeness (QED) is 0.698. The Morgan fingerprint density at radius 2 is 1.86 bits per heavy atom. The third kappa shape index (κ3) is 4.72. The van der Waals surface area contributed by atoms with Crippen molar-refractivity contribution in [3.8, 4) is 5.75 Å². The van der Waals surface area contributed by atoms with E-state index < -0.39 is 0 Å². The van der Waals surface area contributed by atoms with Crippen molar-refractivity contribution in [1.29, 1.82) is 0 Å². The number of ether oxygens (including phenoxy) is 1. The first-order chi connectivity index (χ1) is 10.1. The molecule has 0 amide bonds. The zero-order chi connectivity index (χ0) is 15.2. The van der Waals surface area contributed by atoms with Gasteiger partial charge in [-0.2, -0.15) is 0 Å². The average molecular weight is 350 g/mol. The number of nitrogens with one attached hydrogen (secondary N) is 1. The van der Waals surface area contributed by atoms with Gasteiger partial charge in [0, 0.05) is 6.04 Å². The van der Waals surface area contributed by atoms with Gasteiger partial charge in [0.2, 0.25) is 0 Å². The van der Waals surface area contributed by atoms with Gasteiger partial charge in [0.1, 0.15) is 5.75 Å². The Morgan fingerprint density at radius 1 is 1.10 bits per heavy atom. The number of halogens is 1. The Bertz CT molecular complexity index is 582. The van der Waals surface area contributed by atoms with Crippen LogP contribution >= 0.6 is 15.9 Å². The molecular weight excluding hydrogens is 326 g/mol. The van der Waals surface area contributed by atoms with E-state index in [1.165, 1.54) is 10.8 Å². The molecule has 0 saturated heterocycles. The van der Waals surface area contributed by atoms with Gasteiger partial charge in [-0.15, -0.1) is 0 Å². The van der Waals surface area contributed by atoms with Gasteiger partial charge in [0.25, 0.3) is 0 Å². The monoisotopic (exact) mass is 349 g/mol. The first kappa shape index (κ1) is 16.3. The third-order valence-electron chi connectivity index (χ3n) is 3.50. The average Bonchev–Trinajstić information content (AvgIpc) is 2.47. The number of fused-ring (bicyclic) bond motifs is 1. The molecule has 3 heteroatoms. The highest BCUT2D eigenvalue weighted by atomic mass is 79.9. The van der Waals surface area contributed by atoms with Crippen LogP contribution in [-0.4, -0.2) is 18.7 Å². The molecule has 1 atom stereocenters. The summed E-state index contributed by atoms with van der Waals surface area (Å²) < 4.78 is 7.13. The fourth-order valence-corrected chi connectivity index (χ4v) is 2.95. The van der Waals surface area contributed by atoms with E-state index in [0.717, 1.165) is 29.6 Å². The van der Waals surface area contributed by atoms with Crippen molar-refractivity contribution in [3.63, 3.8) is 0 Å². The minimum atomic E-state index is 0.219. The molecule has 2 nitrogen and oxygen atoms in total. The number of hydrogen-bond acceptors (Lipinski definition) is 2. The van der Waals surface area contributed by atoms with Crippen molar-refractivity contribution in [2.24, 2.45) is 0 Å². The summed E-state index contributed by atoms with van der Waals surface area (Å²) in [7, 11) is 0. The van der Waals surface area contributed by atoms with E-state index in [1.807, 2.05) is 0 Å². The maximum absolute atomic E-state index is 6.09. The van der Waals surface area contributed by atoms with Gasteiger partial charge in [-0.25, -0.2) is 0 Å². The van der Waals surface area contributed by atoms with Gasteiger partial charge < -0.3 is 10.1 Å². The molecule has 0 fully saturated rings. The predicted molar refractivity (Wildman–Crippen MR) is 94.1 cm³/mol. The minimum absolute atomic E-state index is 0.219. The van der Waals surface area contributed by atoms with Crippen molar-refractivity contribution in [1.82, 2.24) is 5.32 Å². The number of hydrogen-bond donors (Lipinski definition) is 1. The molecule has 114 valence electrons. The molecule has 0 heterocycles. The third-order valence-corrected chi connectivity index (χ3v) is 4.31. The Morgan fingerprint density at radius 3 is 2.62 bits per heavy atom. The standard InChI is InChI=1S/C18H24BrNO/c1-13(2)20-12-6-7-14(3)21-17-11-10-15-8-4-5-9-16(15)18(17)19/h4-5,8-11,13-14,20H,6-7,12H2,1-3H3. The van der Waals surface area contributed by atoms with E-state index in [-0.39, 0.29) is 6.10 Å². The van der Waals surface area contributed by atoms with E-state index in [0.29, 0.717) is 6.04 Å². The largest absolute Gasteiger partial charge is 0.490 e. The molecule has 0 aromatic heterocycles. The van der Waals surface area contributed by atoms with Crippen molar-refractivity contribution >= 4 is 26.7 Å². The molecular formula is C18H24BrNO. The van der Waals surface area contributed by atoms with Crippen LogP contribution in [0.25, 0.3) is 10.8 Å². The molecule has 0 aliphatic carbocycles. The Kier molecular flexibility index (Phi) is 6.07. The summed E-state index contributed by atoms with van der Waals surface area (Å²) in [5, 5.41) is 5.86. The Labute approximate surface area is 136 Å². The summed E-state index contributed by atoms with van der Waals surface area (Å²) in [4.78, 5) is 0. The van der Waals surface area contributed by atoms with E-state index >= 15 is 0 Å². The molecule has 2 aromatic rings. The van der Waals surface area contributed by atoms with Gasteiger partial charge in [0.15, 0.2) is 0 Å². The predicted octanol–water partition coefficient (Wildman–Crippen LogP) is 5.15. The highest BCUT2D eigenvalue weighted by Gasteiger charge is 2.09. The summed E-state index contributed by atoms with van der Waals surface area (Å²) in [5.74, 6) is 0.929. The fourth-order valence-electron chi connectivity index (χ4n) is 2.36. The van der Waals surface area contributed by atoms with E-state index in [2.05, 4.69) is 78.4 Å². The Hall–Kier alpha value is -1.06. The molecule has 0 aliphatic heterocycles. The molecule has 0 aliphatic rings. The lowest BCUT2D eigenvalue weighted by Crippen LogP contribution is -2.25. The zero-order valence-corrected chi connectivity index (χ0v) is 14.6. The molecule has 1 N–H and O–H groups in total. The lowest BCUT2D eigenvalue weighted by molar-refractivity contribution is 0.206. The van der Waals surface area contributed by atoms with Crippen LogP contribution in [0.5, 0.6) is 5.75 Å². The Balaban J connectivity index is 1.94. The second kappa shape index (κ2) is 7.81. The van der Waals surface area contributed by atoms with Crippen LogP contribution in [0.4, 0.5) is 0 Å². The van der Waals surface area contributed by atoms with Crippen molar-refractivity contribution in [2.75, 3.05) is 6.54 Å². The summed E-state index contributed by atoms with van der Waals surface area (Å²) >= 11 is 3.67. The summed E-state index contributed by atoms with van der Waals surface area (Å²) in [6.45, 7) is 7.53. The second-order valence-electron chi connectivity index (χ2n) is 5.78. The van der Waals surface area contributed by atoms with Crippen molar-refractivity contribution < 1.29 is 4.74 Å². The van der Waals surface area contributed by atoms with Crippen molar-refractivity contribution in [3.05, 3.63) is 40.9 Å². The summed E-state index contributed by atoms with van der Waals surface area (Å²) in [5.41, 5.74) is 0. The SMILES string of the molecule is CC(C)NCCCC(C)Oc1ccc2ccccc2c1Br. The van der Waals surface area contributed by atoms with Crippen LogP contribution < -0.4 is 10.1 Å². The van der Waals surface area contributed by atoms with Crippen LogP contribution in [-0.2, 0) is 0 Å². The lowest BCUT2D eigenvalue weighted by atomic mass is 10.1. The molecule has 0 spiro atoms. The van der Waals surface area contributed by atoms with Gasteiger partial charge in [-0.1, -0.05) is 44.2 Å². The van der Waals surface area contributed by atoms with Crippen LogP contribution in [0.1, 0.15) is 33.6 Å². The highest BCUT2D eigenvalue weighted by Crippen LogP contribution is 2.33. The summed E-state index contributed by atoms with van der Waals surface area (Å²) in [6.07, 6.45) is 2.40. The van der Waals surface area contributed by atoms with Gasteiger partial charge in [0.05, 0.1) is 10.6 Å². The van der Waals surface area contributed by atoms with E-state index in [9.17, 15) is 0 Å². The highest BCUT2D eigenvalue weighted by molar-refractivity contribution is 9.10. The number of benzene rings is 2. The van der Waals surface area contributed by atoms with Crippen LogP contribution in [0.3, 0.4) is 0 Å². The minimum Gasteiger partial charge on any atom is -0.490 e. The maximum Gasteiger partial charge on any atom is 0.134 e. The van der Waals surface area contributed by atoms with E-state index in [1.54, 1.807) is 0 Å². The first-order valence-electron chi connectivity index (χ1n) is 7.65. The molecule has 1 unspecified atom stereocenters. The van der Waals surface area contributed by atoms with Gasteiger partial charge in [-0.05, 0) is 59.1 Å². The smallest absolute Gasteiger partial charge is 0.134 e. The maximum atomic E-state index is 6.09. The summed E-state index contributed by atoms with van der Waals surface area (Å²) in [6, 6.07) is 13.1. The first-order valence-corrected chi connectivity index (χ1v) is 8.44. The van der Waals surface area contributed by atoms with Gasteiger partial charge in [-0.3, -0.25) is 0 Å². The number of rotatable bonds is 7.